The highest BCUT2D eigenvalue weighted by Gasteiger charge is 2.35. The third-order valence-corrected chi connectivity index (χ3v) is 5.82. The molecule has 4 nitrogen and oxygen atoms in total. The molecular weight excluding hydrogens is 376 g/mol. The SMILES string of the molecule is Cc1cc2c(cc1C)C(=O)C(c1cc(C(C)(C)C)c(O)c(C(C)(C)C)c1)=C(O)C2=O. The van der Waals surface area contributed by atoms with Crippen LogP contribution in [-0.2, 0) is 10.8 Å². The minimum Gasteiger partial charge on any atom is -0.507 e. The maximum Gasteiger partial charge on any atom is 0.228 e. The molecule has 30 heavy (non-hydrogen) atoms. The van der Waals surface area contributed by atoms with E-state index in [0.717, 1.165) is 11.1 Å². The van der Waals surface area contributed by atoms with Crippen molar-refractivity contribution in [1.29, 1.82) is 0 Å². The van der Waals surface area contributed by atoms with Gasteiger partial charge in [-0.3, -0.25) is 9.59 Å². The van der Waals surface area contributed by atoms with Crippen LogP contribution in [0, 0.1) is 13.8 Å². The van der Waals surface area contributed by atoms with E-state index in [0.29, 0.717) is 22.3 Å². The van der Waals surface area contributed by atoms with Crippen molar-refractivity contribution in [3.63, 3.8) is 0 Å². The van der Waals surface area contributed by atoms with Crippen LogP contribution in [0.2, 0.25) is 0 Å². The Morgan fingerprint density at radius 2 is 1.07 bits per heavy atom. The Morgan fingerprint density at radius 1 is 0.667 bits per heavy atom. The fourth-order valence-electron chi connectivity index (χ4n) is 3.87. The van der Waals surface area contributed by atoms with Gasteiger partial charge in [0.05, 0.1) is 5.57 Å². The second kappa shape index (κ2) is 6.83. The highest BCUT2D eigenvalue weighted by molar-refractivity contribution is 6.40. The molecule has 0 saturated heterocycles. The summed E-state index contributed by atoms with van der Waals surface area (Å²) in [5, 5.41) is 21.7. The van der Waals surface area contributed by atoms with Gasteiger partial charge in [0.25, 0.3) is 0 Å². The molecule has 4 heteroatoms. The number of fused-ring (bicyclic) bond motifs is 1. The normalized spacial score (nSPS) is 14.9. The maximum absolute atomic E-state index is 13.4. The Bertz CT molecular complexity index is 1080. The highest BCUT2D eigenvalue weighted by atomic mass is 16.3. The number of rotatable bonds is 1. The lowest BCUT2D eigenvalue weighted by Gasteiger charge is -2.29. The molecule has 0 aromatic heterocycles. The Labute approximate surface area is 178 Å². The Kier molecular flexibility index (Phi) is 4.97. The van der Waals surface area contributed by atoms with Crippen molar-refractivity contribution < 1.29 is 19.8 Å². The van der Waals surface area contributed by atoms with Gasteiger partial charge in [0.15, 0.2) is 11.5 Å². The van der Waals surface area contributed by atoms with Gasteiger partial charge in [0.1, 0.15) is 5.75 Å². The van der Waals surface area contributed by atoms with E-state index in [1.54, 1.807) is 24.3 Å². The summed E-state index contributed by atoms with van der Waals surface area (Å²) in [5.41, 5.74) is 3.30. The fourth-order valence-corrected chi connectivity index (χ4v) is 3.87. The zero-order valence-electron chi connectivity index (χ0n) is 19.0. The smallest absolute Gasteiger partial charge is 0.228 e. The molecule has 1 aliphatic rings. The Balaban J connectivity index is 2.35. The number of benzene rings is 2. The number of phenols is 1. The number of ketones is 2. The standard InChI is InChI=1S/C26H30O4/c1-13-9-16-17(10-14(13)2)22(28)24(30)20(21(16)27)15-11-18(25(3,4)5)23(29)19(12-15)26(6,7)8/h9-12,29-30H,1-8H3. The molecule has 158 valence electrons. The molecule has 2 N–H and O–H groups in total. The van der Waals surface area contributed by atoms with Crippen LogP contribution in [0.4, 0.5) is 0 Å². The molecule has 1 aliphatic carbocycles. The molecule has 2 aromatic rings. The van der Waals surface area contributed by atoms with Gasteiger partial charge in [-0.15, -0.1) is 0 Å². The second-order valence-electron chi connectivity index (χ2n) is 10.3. The summed E-state index contributed by atoms with van der Waals surface area (Å²) in [6.45, 7) is 15.6. The van der Waals surface area contributed by atoms with E-state index in [4.69, 9.17) is 0 Å². The van der Waals surface area contributed by atoms with Gasteiger partial charge in [-0.2, -0.15) is 0 Å². The first-order valence-corrected chi connectivity index (χ1v) is 10.2. The van der Waals surface area contributed by atoms with E-state index in [9.17, 15) is 19.8 Å². The summed E-state index contributed by atoms with van der Waals surface area (Å²) < 4.78 is 0. The van der Waals surface area contributed by atoms with Crippen molar-refractivity contribution in [2.24, 2.45) is 0 Å². The van der Waals surface area contributed by atoms with Gasteiger partial charge in [0.2, 0.25) is 5.78 Å². The number of hydrogen-bond acceptors (Lipinski definition) is 4. The quantitative estimate of drug-likeness (QED) is 0.613. The van der Waals surface area contributed by atoms with Gasteiger partial charge in [-0.1, -0.05) is 41.5 Å². The van der Waals surface area contributed by atoms with Crippen LogP contribution in [0.5, 0.6) is 5.75 Å². The summed E-state index contributed by atoms with van der Waals surface area (Å²) in [5.74, 6) is -1.29. The summed E-state index contributed by atoms with van der Waals surface area (Å²) in [6, 6.07) is 6.81. The van der Waals surface area contributed by atoms with E-state index in [2.05, 4.69) is 0 Å². The van der Waals surface area contributed by atoms with E-state index in [-0.39, 0.29) is 22.7 Å². The first-order chi connectivity index (χ1) is 13.6. The zero-order chi connectivity index (χ0) is 22.8. The topological polar surface area (TPSA) is 74.6 Å². The molecule has 0 fully saturated rings. The van der Waals surface area contributed by atoms with Gasteiger partial charge in [0, 0.05) is 22.3 Å². The molecular formula is C26H30O4. The van der Waals surface area contributed by atoms with Crippen molar-refractivity contribution in [1.82, 2.24) is 0 Å². The molecule has 0 radical (unpaired) electrons. The van der Waals surface area contributed by atoms with Crippen molar-refractivity contribution in [3.8, 4) is 5.75 Å². The average Bonchev–Trinajstić information content (AvgIpc) is 2.61. The molecule has 2 aromatic carbocycles. The molecule has 0 bridgehead atoms. The maximum atomic E-state index is 13.4. The number of phenolic OH excluding ortho intramolecular Hbond substituents is 1. The van der Waals surface area contributed by atoms with Crippen LogP contribution < -0.4 is 0 Å². The molecule has 0 saturated carbocycles. The second-order valence-corrected chi connectivity index (χ2v) is 10.3. The number of aryl methyl sites for hydroxylation is 2. The number of aliphatic hydroxyl groups excluding tert-OH is 1. The Hall–Kier alpha value is -2.88. The molecule has 0 unspecified atom stereocenters. The number of aliphatic hydroxyl groups is 1. The van der Waals surface area contributed by atoms with Crippen molar-refractivity contribution >= 4 is 17.1 Å². The van der Waals surface area contributed by atoms with Crippen molar-refractivity contribution in [2.45, 2.75) is 66.2 Å². The molecule has 0 spiro atoms. The lowest BCUT2D eigenvalue weighted by atomic mass is 9.76. The minimum absolute atomic E-state index is 0.00764. The molecule has 0 heterocycles. The van der Waals surface area contributed by atoms with E-state index < -0.39 is 22.4 Å². The minimum atomic E-state index is -0.551. The average molecular weight is 407 g/mol. The highest BCUT2D eigenvalue weighted by Crippen LogP contribution is 2.43. The van der Waals surface area contributed by atoms with Crippen LogP contribution in [0.1, 0.15) is 90.1 Å². The molecule has 3 rings (SSSR count). The molecule has 0 aliphatic heterocycles. The third-order valence-electron chi connectivity index (χ3n) is 5.82. The molecule has 0 amide bonds. The van der Waals surface area contributed by atoms with Crippen LogP contribution >= 0.6 is 0 Å². The van der Waals surface area contributed by atoms with Crippen LogP contribution in [0.15, 0.2) is 30.0 Å². The lowest BCUT2D eigenvalue weighted by molar-refractivity contribution is 0.0947. The zero-order valence-corrected chi connectivity index (χ0v) is 19.0. The number of carbonyl (C=O) groups excluding carboxylic acids is 2. The third kappa shape index (κ3) is 3.45. The summed E-state index contributed by atoms with van der Waals surface area (Å²) in [7, 11) is 0. The summed E-state index contributed by atoms with van der Waals surface area (Å²) in [4.78, 5) is 26.3. The van der Waals surface area contributed by atoms with Crippen molar-refractivity contribution in [3.05, 3.63) is 69.0 Å². The summed E-state index contributed by atoms with van der Waals surface area (Å²) >= 11 is 0. The van der Waals surface area contributed by atoms with Crippen LogP contribution in [0.3, 0.4) is 0 Å². The first kappa shape index (κ1) is 21.8. The molecule has 0 atom stereocenters. The Morgan fingerprint density at radius 3 is 1.47 bits per heavy atom. The predicted octanol–water partition coefficient (Wildman–Crippen LogP) is 5.95. The number of hydrogen-bond donors (Lipinski definition) is 2. The lowest BCUT2D eigenvalue weighted by Crippen LogP contribution is -2.23. The van der Waals surface area contributed by atoms with Gasteiger partial charge in [-0.25, -0.2) is 0 Å². The predicted molar refractivity (Wildman–Crippen MR) is 120 cm³/mol. The van der Waals surface area contributed by atoms with Crippen LogP contribution in [0.25, 0.3) is 5.57 Å². The number of allylic oxidation sites excluding steroid dienone is 2. The van der Waals surface area contributed by atoms with E-state index >= 15 is 0 Å². The number of Topliss-reactive ketones (excluding diaryl/α,β-unsaturated/α-hetero) is 2. The number of carbonyl (C=O) groups is 2. The fraction of sp³-hybridized carbons (Fsp3) is 0.385. The van der Waals surface area contributed by atoms with Crippen molar-refractivity contribution in [2.75, 3.05) is 0 Å². The largest absolute Gasteiger partial charge is 0.507 e. The van der Waals surface area contributed by atoms with Crippen LogP contribution in [-0.4, -0.2) is 21.8 Å². The first-order valence-electron chi connectivity index (χ1n) is 10.2. The van der Waals surface area contributed by atoms with Gasteiger partial charge >= 0.3 is 0 Å². The summed E-state index contributed by atoms with van der Waals surface area (Å²) in [6.07, 6.45) is 0. The number of aromatic hydroxyl groups is 1. The monoisotopic (exact) mass is 406 g/mol. The van der Waals surface area contributed by atoms with E-state index in [1.165, 1.54) is 0 Å². The van der Waals surface area contributed by atoms with Gasteiger partial charge in [-0.05, 0) is 65.6 Å². The van der Waals surface area contributed by atoms with E-state index in [1.807, 2.05) is 55.4 Å². The van der Waals surface area contributed by atoms with Gasteiger partial charge < -0.3 is 10.2 Å².